The Hall–Kier alpha value is -0.860. The van der Waals surface area contributed by atoms with Crippen molar-refractivity contribution in [1.82, 2.24) is 4.90 Å². The van der Waals surface area contributed by atoms with Gasteiger partial charge in [-0.05, 0) is 0 Å². The molecule has 0 bridgehead atoms. The van der Waals surface area contributed by atoms with Crippen LogP contribution in [0.25, 0.3) is 0 Å². The smallest absolute Gasteiger partial charge is 0.362 e. The predicted octanol–water partition coefficient (Wildman–Crippen LogP) is 0.931. The van der Waals surface area contributed by atoms with E-state index in [2.05, 4.69) is 4.74 Å². The van der Waals surface area contributed by atoms with Gasteiger partial charge in [-0.3, -0.25) is 4.79 Å². The van der Waals surface area contributed by atoms with Gasteiger partial charge in [0.15, 0.2) is 5.79 Å². The number of hydrogen-bond donors (Lipinski definition) is 0. The molecule has 0 N–H and O–H groups in total. The highest BCUT2D eigenvalue weighted by Crippen LogP contribution is 2.31. The molecular weight excluding hydrogens is 267 g/mol. The fourth-order valence-corrected chi connectivity index (χ4v) is 2.23. The molecular formula is C11H16F3NO4. The Kier molecular flexibility index (Phi) is 4.32. The minimum absolute atomic E-state index is 0.411. The Balaban J connectivity index is 1.70. The number of carbonyl (C=O) groups excluding carboxylic acids is 1. The largest absolute Gasteiger partial charge is 0.411 e. The topological polar surface area (TPSA) is 48.0 Å². The monoisotopic (exact) mass is 283 g/mol. The fourth-order valence-electron chi connectivity index (χ4n) is 2.23. The van der Waals surface area contributed by atoms with Crippen LogP contribution in [0, 0.1) is 0 Å². The molecule has 2 aliphatic heterocycles. The Morgan fingerprint density at radius 3 is 2.32 bits per heavy atom. The van der Waals surface area contributed by atoms with Crippen molar-refractivity contribution in [3.05, 3.63) is 0 Å². The van der Waals surface area contributed by atoms with E-state index in [-0.39, 0.29) is 0 Å². The summed E-state index contributed by atoms with van der Waals surface area (Å²) in [6.45, 7) is -0.0370. The number of rotatable bonds is 3. The van der Waals surface area contributed by atoms with Crippen LogP contribution < -0.4 is 0 Å². The first-order valence-corrected chi connectivity index (χ1v) is 6.10. The lowest BCUT2D eigenvalue weighted by atomic mass is 10.0. The molecule has 2 heterocycles. The Morgan fingerprint density at radius 2 is 1.79 bits per heavy atom. The number of ether oxygens (including phenoxy) is 3. The fraction of sp³-hybridized carbons (Fsp3) is 0.909. The quantitative estimate of drug-likeness (QED) is 0.773. The summed E-state index contributed by atoms with van der Waals surface area (Å²) < 4.78 is 50.9. The predicted molar refractivity (Wildman–Crippen MR) is 57.3 cm³/mol. The lowest BCUT2D eigenvalue weighted by Crippen LogP contribution is -2.48. The lowest BCUT2D eigenvalue weighted by molar-refractivity contribution is -0.192. The second kappa shape index (κ2) is 5.64. The molecule has 8 heteroatoms. The van der Waals surface area contributed by atoms with E-state index in [1.807, 2.05) is 0 Å². The molecule has 2 rings (SSSR count). The van der Waals surface area contributed by atoms with E-state index >= 15 is 0 Å². The van der Waals surface area contributed by atoms with E-state index in [1.165, 1.54) is 4.90 Å². The Labute approximate surface area is 108 Å². The summed E-state index contributed by atoms with van der Waals surface area (Å²) in [5, 5.41) is 0. The summed E-state index contributed by atoms with van der Waals surface area (Å²) in [6, 6.07) is 0. The van der Waals surface area contributed by atoms with Crippen molar-refractivity contribution in [2.75, 3.05) is 39.5 Å². The molecule has 0 aromatic rings. The van der Waals surface area contributed by atoms with Crippen LogP contribution in [0.2, 0.25) is 0 Å². The highest BCUT2D eigenvalue weighted by Gasteiger charge is 2.40. The van der Waals surface area contributed by atoms with Gasteiger partial charge in [-0.1, -0.05) is 0 Å². The Bertz CT molecular complexity index is 318. The maximum atomic E-state index is 11.9. The van der Waals surface area contributed by atoms with Gasteiger partial charge in [0, 0.05) is 25.9 Å². The molecule has 0 aliphatic carbocycles. The van der Waals surface area contributed by atoms with Crippen LogP contribution in [0.1, 0.15) is 12.8 Å². The summed E-state index contributed by atoms with van der Waals surface area (Å²) in [6.07, 6.45) is -3.33. The molecule has 5 nitrogen and oxygen atoms in total. The van der Waals surface area contributed by atoms with Crippen molar-refractivity contribution in [1.29, 1.82) is 0 Å². The molecule has 2 aliphatic rings. The van der Waals surface area contributed by atoms with Gasteiger partial charge in [0.2, 0.25) is 5.91 Å². The average molecular weight is 283 g/mol. The van der Waals surface area contributed by atoms with Gasteiger partial charge in [0.05, 0.1) is 13.2 Å². The molecule has 2 saturated heterocycles. The molecule has 0 aromatic carbocycles. The second-order valence-corrected chi connectivity index (χ2v) is 4.60. The van der Waals surface area contributed by atoms with E-state index in [9.17, 15) is 18.0 Å². The molecule has 0 aromatic heterocycles. The molecule has 1 amide bonds. The number of halogens is 3. The molecule has 1 spiro atoms. The van der Waals surface area contributed by atoms with Gasteiger partial charge in [0.25, 0.3) is 0 Å². The van der Waals surface area contributed by atoms with Crippen molar-refractivity contribution in [2.24, 2.45) is 0 Å². The SMILES string of the molecule is O=C(COCC(F)(F)F)N1CCC2(CC1)OCCO2. The first-order chi connectivity index (χ1) is 8.90. The Morgan fingerprint density at radius 1 is 1.21 bits per heavy atom. The maximum Gasteiger partial charge on any atom is 0.411 e. The van der Waals surface area contributed by atoms with Crippen LogP contribution in [0.3, 0.4) is 0 Å². The standard InChI is InChI=1S/C11H16F3NO4/c12-11(13,14)8-17-7-9(16)15-3-1-10(2-4-15)18-5-6-19-10/h1-8H2. The number of carbonyl (C=O) groups is 1. The summed E-state index contributed by atoms with van der Waals surface area (Å²) in [5.41, 5.74) is 0. The van der Waals surface area contributed by atoms with E-state index in [4.69, 9.17) is 9.47 Å². The first-order valence-electron chi connectivity index (χ1n) is 6.10. The van der Waals surface area contributed by atoms with E-state index < -0.39 is 31.1 Å². The number of hydrogen-bond acceptors (Lipinski definition) is 4. The molecule has 0 unspecified atom stereocenters. The van der Waals surface area contributed by atoms with Gasteiger partial charge < -0.3 is 19.1 Å². The molecule has 19 heavy (non-hydrogen) atoms. The normalized spacial score (nSPS) is 23.0. The van der Waals surface area contributed by atoms with Crippen LogP contribution in [-0.4, -0.2) is 62.3 Å². The zero-order valence-electron chi connectivity index (χ0n) is 10.4. The number of likely N-dealkylation sites (tertiary alicyclic amines) is 1. The second-order valence-electron chi connectivity index (χ2n) is 4.60. The highest BCUT2D eigenvalue weighted by molar-refractivity contribution is 5.77. The average Bonchev–Trinajstić information content (AvgIpc) is 2.77. The first kappa shape index (κ1) is 14.5. The van der Waals surface area contributed by atoms with Gasteiger partial charge >= 0.3 is 6.18 Å². The van der Waals surface area contributed by atoms with E-state index in [1.54, 1.807) is 0 Å². The molecule has 110 valence electrons. The van der Waals surface area contributed by atoms with Gasteiger partial charge in [-0.2, -0.15) is 13.2 Å². The van der Waals surface area contributed by atoms with Crippen LogP contribution in [-0.2, 0) is 19.0 Å². The number of amides is 1. The van der Waals surface area contributed by atoms with Crippen LogP contribution in [0.4, 0.5) is 13.2 Å². The minimum Gasteiger partial charge on any atom is -0.362 e. The number of piperidine rings is 1. The third kappa shape index (κ3) is 4.05. The van der Waals surface area contributed by atoms with E-state index in [0.717, 1.165) is 0 Å². The molecule has 0 radical (unpaired) electrons. The third-order valence-corrected chi connectivity index (χ3v) is 3.18. The summed E-state index contributed by atoms with van der Waals surface area (Å²) in [4.78, 5) is 13.1. The summed E-state index contributed by atoms with van der Waals surface area (Å²) in [7, 11) is 0. The van der Waals surface area contributed by atoms with E-state index in [0.29, 0.717) is 39.1 Å². The molecule has 0 atom stereocenters. The van der Waals surface area contributed by atoms with Gasteiger partial charge in [-0.15, -0.1) is 0 Å². The van der Waals surface area contributed by atoms with Gasteiger partial charge in [0.1, 0.15) is 13.2 Å². The van der Waals surface area contributed by atoms with Crippen molar-refractivity contribution >= 4 is 5.91 Å². The van der Waals surface area contributed by atoms with Crippen molar-refractivity contribution in [3.8, 4) is 0 Å². The zero-order valence-corrected chi connectivity index (χ0v) is 10.4. The lowest BCUT2D eigenvalue weighted by Gasteiger charge is -2.37. The van der Waals surface area contributed by atoms with Crippen LogP contribution >= 0.6 is 0 Å². The van der Waals surface area contributed by atoms with Crippen molar-refractivity contribution in [3.63, 3.8) is 0 Å². The van der Waals surface area contributed by atoms with Gasteiger partial charge in [-0.25, -0.2) is 0 Å². The third-order valence-electron chi connectivity index (χ3n) is 3.18. The van der Waals surface area contributed by atoms with Crippen LogP contribution in [0.15, 0.2) is 0 Å². The van der Waals surface area contributed by atoms with Crippen LogP contribution in [0.5, 0.6) is 0 Å². The molecule has 2 fully saturated rings. The zero-order chi connectivity index (χ0) is 13.9. The number of nitrogens with zero attached hydrogens (tertiary/aromatic N) is 1. The minimum atomic E-state index is -4.40. The maximum absolute atomic E-state index is 11.9. The van der Waals surface area contributed by atoms with Crippen molar-refractivity contribution < 1.29 is 32.2 Å². The summed E-state index contributed by atoms with van der Waals surface area (Å²) in [5.74, 6) is -1.03. The highest BCUT2D eigenvalue weighted by atomic mass is 19.4. The van der Waals surface area contributed by atoms with Crippen molar-refractivity contribution in [2.45, 2.75) is 24.8 Å². The summed E-state index contributed by atoms with van der Waals surface area (Å²) >= 11 is 0. The molecule has 0 saturated carbocycles. The number of alkyl halides is 3.